The van der Waals surface area contributed by atoms with Gasteiger partial charge in [-0.2, -0.15) is 0 Å². The summed E-state index contributed by atoms with van der Waals surface area (Å²) in [7, 11) is 0. The number of rotatable bonds is 9. The van der Waals surface area contributed by atoms with E-state index in [1.807, 2.05) is 13.8 Å². The van der Waals surface area contributed by atoms with Gasteiger partial charge in [0.15, 0.2) is 11.6 Å². The first-order chi connectivity index (χ1) is 9.99. The maximum atomic E-state index is 13.9. The Kier molecular flexibility index (Phi) is 7.34. The second-order valence-electron chi connectivity index (χ2n) is 5.70. The maximum Gasteiger partial charge on any atom is 0.167 e. The number of nitrogen functional groups attached to an aromatic ring is 1. The van der Waals surface area contributed by atoms with Crippen LogP contribution in [0, 0.1) is 5.82 Å². The minimum Gasteiger partial charge on any atom is -0.488 e. The number of nitrogens with two attached hydrogens (primary N) is 1. The van der Waals surface area contributed by atoms with E-state index in [1.54, 1.807) is 6.07 Å². The van der Waals surface area contributed by atoms with E-state index in [-0.39, 0.29) is 11.9 Å². The van der Waals surface area contributed by atoms with E-state index < -0.39 is 5.82 Å². The van der Waals surface area contributed by atoms with E-state index in [1.165, 1.54) is 6.07 Å². The number of nitrogens with zero attached hydrogens (tertiary/aromatic N) is 1. The van der Waals surface area contributed by atoms with Crippen molar-refractivity contribution < 1.29 is 9.13 Å². The number of ether oxygens (including phenoxy) is 1. The summed E-state index contributed by atoms with van der Waals surface area (Å²) in [5, 5.41) is 0. The van der Waals surface area contributed by atoms with Crippen molar-refractivity contribution in [2.75, 3.05) is 23.7 Å². The minimum atomic E-state index is -0.393. The van der Waals surface area contributed by atoms with Crippen LogP contribution in [0.15, 0.2) is 12.1 Å². The lowest BCUT2D eigenvalue weighted by Crippen LogP contribution is -2.26. The Hall–Kier alpha value is -1.45. The molecule has 2 N–H and O–H groups in total. The van der Waals surface area contributed by atoms with E-state index in [4.69, 9.17) is 10.5 Å². The molecule has 0 amide bonds. The molecule has 1 aromatic carbocycles. The number of halogens is 1. The Morgan fingerprint density at radius 2 is 1.71 bits per heavy atom. The van der Waals surface area contributed by atoms with Crippen LogP contribution in [-0.2, 0) is 0 Å². The standard InChI is InChI=1S/C17H29FN2O/c1-5-7-9-20(10-8-6-2)16-12-17(21-13(3)4)14(18)11-15(16)19/h11-13H,5-10,19H2,1-4H3. The van der Waals surface area contributed by atoms with Gasteiger partial charge in [0.05, 0.1) is 17.5 Å². The third-order valence-electron chi connectivity index (χ3n) is 3.35. The van der Waals surface area contributed by atoms with Gasteiger partial charge >= 0.3 is 0 Å². The van der Waals surface area contributed by atoms with Crippen LogP contribution in [0.25, 0.3) is 0 Å². The second-order valence-corrected chi connectivity index (χ2v) is 5.70. The van der Waals surface area contributed by atoms with E-state index in [2.05, 4.69) is 18.7 Å². The molecule has 3 nitrogen and oxygen atoms in total. The van der Waals surface area contributed by atoms with Crippen molar-refractivity contribution in [2.45, 2.75) is 59.5 Å². The molecular formula is C17H29FN2O. The first-order valence-corrected chi connectivity index (χ1v) is 8.00. The van der Waals surface area contributed by atoms with Crippen molar-refractivity contribution in [3.63, 3.8) is 0 Å². The lowest BCUT2D eigenvalue weighted by Gasteiger charge is -2.27. The number of benzene rings is 1. The lowest BCUT2D eigenvalue weighted by atomic mass is 10.2. The van der Waals surface area contributed by atoms with Gasteiger partial charge in [-0.25, -0.2) is 4.39 Å². The highest BCUT2D eigenvalue weighted by atomic mass is 19.1. The quantitative estimate of drug-likeness (QED) is 0.677. The van der Waals surface area contributed by atoms with Crippen LogP contribution < -0.4 is 15.4 Å². The Balaban J connectivity index is 3.03. The van der Waals surface area contributed by atoms with Gasteiger partial charge in [0.2, 0.25) is 0 Å². The summed E-state index contributed by atoms with van der Waals surface area (Å²) < 4.78 is 19.5. The second kappa shape index (κ2) is 8.75. The Bertz CT molecular complexity index is 427. The molecule has 0 aromatic heterocycles. The topological polar surface area (TPSA) is 38.5 Å². The summed E-state index contributed by atoms with van der Waals surface area (Å²) in [5.41, 5.74) is 7.39. The highest BCUT2D eigenvalue weighted by molar-refractivity contribution is 5.70. The largest absolute Gasteiger partial charge is 0.488 e. The van der Waals surface area contributed by atoms with Crippen LogP contribution >= 0.6 is 0 Å². The van der Waals surface area contributed by atoms with Crippen molar-refractivity contribution in [2.24, 2.45) is 0 Å². The molecule has 0 saturated carbocycles. The van der Waals surface area contributed by atoms with E-state index in [0.29, 0.717) is 5.69 Å². The Morgan fingerprint density at radius 3 is 2.19 bits per heavy atom. The molecule has 120 valence electrons. The van der Waals surface area contributed by atoms with Crippen molar-refractivity contribution in [3.8, 4) is 5.75 Å². The Labute approximate surface area is 128 Å². The maximum absolute atomic E-state index is 13.9. The fraction of sp³-hybridized carbons (Fsp3) is 0.647. The first kappa shape index (κ1) is 17.6. The van der Waals surface area contributed by atoms with E-state index in [0.717, 1.165) is 44.5 Å². The molecule has 0 aliphatic rings. The molecule has 0 aliphatic carbocycles. The van der Waals surface area contributed by atoms with Crippen LogP contribution in [0.3, 0.4) is 0 Å². The summed E-state index contributed by atoms with van der Waals surface area (Å²) in [4.78, 5) is 2.24. The molecule has 0 unspecified atom stereocenters. The van der Waals surface area contributed by atoms with Crippen LogP contribution in [0.1, 0.15) is 53.4 Å². The first-order valence-electron chi connectivity index (χ1n) is 8.00. The van der Waals surface area contributed by atoms with Crippen LogP contribution in [0.2, 0.25) is 0 Å². The van der Waals surface area contributed by atoms with E-state index in [9.17, 15) is 4.39 Å². The van der Waals surface area contributed by atoms with Gasteiger partial charge in [0, 0.05) is 25.2 Å². The average Bonchev–Trinajstić information content (AvgIpc) is 2.42. The van der Waals surface area contributed by atoms with Gasteiger partial charge in [0.1, 0.15) is 0 Å². The fourth-order valence-electron chi connectivity index (χ4n) is 2.23. The van der Waals surface area contributed by atoms with Crippen LogP contribution in [0.5, 0.6) is 5.75 Å². The molecule has 1 rings (SSSR count). The summed E-state index contributed by atoms with van der Waals surface area (Å²) in [6.45, 7) is 9.99. The molecule has 4 heteroatoms. The Morgan fingerprint density at radius 1 is 1.14 bits per heavy atom. The third kappa shape index (κ3) is 5.44. The zero-order chi connectivity index (χ0) is 15.8. The van der Waals surface area contributed by atoms with Crippen molar-refractivity contribution in [1.82, 2.24) is 0 Å². The van der Waals surface area contributed by atoms with Gasteiger partial charge < -0.3 is 15.4 Å². The summed E-state index contributed by atoms with van der Waals surface area (Å²) in [6, 6.07) is 3.12. The molecule has 0 fully saturated rings. The zero-order valence-corrected chi connectivity index (χ0v) is 13.8. The predicted molar refractivity (Wildman–Crippen MR) is 88.6 cm³/mol. The van der Waals surface area contributed by atoms with Crippen molar-refractivity contribution in [3.05, 3.63) is 17.9 Å². The molecule has 0 bridgehead atoms. The molecule has 1 aromatic rings. The summed E-state index contributed by atoms with van der Waals surface area (Å²) >= 11 is 0. The number of hydrogen-bond acceptors (Lipinski definition) is 3. The van der Waals surface area contributed by atoms with Gasteiger partial charge in [-0.1, -0.05) is 26.7 Å². The minimum absolute atomic E-state index is 0.0595. The highest BCUT2D eigenvalue weighted by Crippen LogP contribution is 2.32. The molecule has 0 radical (unpaired) electrons. The van der Waals surface area contributed by atoms with Crippen LogP contribution in [0.4, 0.5) is 15.8 Å². The molecule has 21 heavy (non-hydrogen) atoms. The van der Waals surface area contributed by atoms with Crippen molar-refractivity contribution in [1.29, 1.82) is 0 Å². The zero-order valence-electron chi connectivity index (χ0n) is 13.8. The molecule has 0 saturated heterocycles. The van der Waals surface area contributed by atoms with Crippen molar-refractivity contribution >= 4 is 11.4 Å². The number of anilines is 2. The molecule has 0 aliphatic heterocycles. The van der Waals surface area contributed by atoms with Crippen LogP contribution in [-0.4, -0.2) is 19.2 Å². The smallest absolute Gasteiger partial charge is 0.167 e. The average molecular weight is 296 g/mol. The molecule has 0 heterocycles. The summed E-state index contributed by atoms with van der Waals surface area (Å²) in [5.74, 6) is -0.108. The fourth-order valence-corrected chi connectivity index (χ4v) is 2.23. The number of hydrogen-bond donors (Lipinski definition) is 1. The van der Waals surface area contributed by atoms with Gasteiger partial charge in [-0.3, -0.25) is 0 Å². The predicted octanol–water partition coefficient (Wildman–Crippen LogP) is 4.60. The normalized spacial score (nSPS) is 11.0. The van der Waals surface area contributed by atoms with Gasteiger partial charge in [0.25, 0.3) is 0 Å². The third-order valence-corrected chi connectivity index (χ3v) is 3.35. The molecule has 0 spiro atoms. The lowest BCUT2D eigenvalue weighted by molar-refractivity contribution is 0.231. The van der Waals surface area contributed by atoms with E-state index >= 15 is 0 Å². The molecular weight excluding hydrogens is 267 g/mol. The number of unbranched alkanes of at least 4 members (excludes halogenated alkanes) is 2. The monoisotopic (exact) mass is 296 g/mol. The SMILES string of the molecule is CCCCN(CCCC)c1cc(OC(C)C)c(F)cc1N. The molecule has 0 atom stereocenters. The summed E-state index contributed by atoms with van der Waals surface area (Å²) in [6.07, 6.45) is 4.38. The van der Waals surface area contributed by atoms with Gasteiger partial charge in [-0.15, -0.1) is 0 Å². The van der Waals surface area contributed by atoms with Gasteiger partial charge in [-0.05, 0) is 26.7 Å². The highest BCUT2D eigenvalue weighted by Gasteiger charge is 2.15.